The molecule has 0 aliphatic carbocycles. The lowest BCUT2D eigenvalue weighted by molar-refractivity contribution is 0.0570. The van der Waals surface area contributed by atoms with E-state index in [1.807, 2.05) is 62.4 Å². The highest BCUT2D eigenvalue weighted by atomic mass is 35.5. The fourth-order valence-corrected chi connectivity index (χ4v) is 2.53. The number of aliphatic hydroxyl groups is 1. The van der Waals surface area contributed by atoms with Crippen molar-refractivity contribution in [2.75, 3.05) is 0 Å². The molecule has 18 heavy (non-hydrogen) atoms. The van der Waals surface area contributed by atoms with Crippen LogP contribution < -0.4 is 0 Å². The number of rotatable bonds is 3. The molecule has 0 amide bonds. The second kappa shape index (κ2) is 5.13. The van der Waals surface area contributed by atoms with Gasteiger partial charge in [-0.25, -0.2) is 0 Å². The molecule has 0 aromatic heterocycles. The van der Waals surface area contributed by atoms with Gasteiger partial charge in [0.2, 0.25) is 0 Å². The van der Waals surface area contributed by atoms with Gasteiger partial charge in [-0.3, -0.25) is 0 Å². The largest absolute Gasteiger partial charge is 0.385 e. The SMILES string of the molecule is Cc1ccccc1C(C)(O)Cc1cccc(Cl)c1. The quantitative estimate of drug-likeness (QED) is 0.881. The van der Waals surface area contributed by atoms with Crippen molar-refractivity contribution >= 4 is 11.6 Å². The van der Waals surface area contributed by atoms with E-state index in [0.29, 0.717) is 11.4 Å². The average Bonchev–Trinajstić information content (AvgIpc) is 2.28. The Labute approximate surface area is 113 Å². The van der Waals surface area contributed by atoms with E-state index in [9.17, 15) is 5.11 Å². The molecular weight excluding hydrogens is 244 g/mol. The van der Waals surface area contributed by atoms with E-state index >= 15 is 0 Å². The molecule has 0 radical (unpaired) electrons. The molecule has 0 fully saturated rings. The second-order valence-corrected chi connectivity index (χ2v) is 5.33. The number of hydrogen-bond acceptors (Lipinski definition) is 1. The first-order chi connectivity index (χ1) is 8.49. The van der Waals surface area contributed by atoms with Crippen LogP contribution in [0.3, 0.4) is 0 Å². The van der Waals surface area contributed by atoms with Crippen LogP contribution in [0.4, 0.5) is 0 Å². The monoisotopic (exact) mass is 260 g/mol. The van der Waals surface area contributed by atoms with Gasteiger partial charge in [0.25, 0.3) is 0 Å². The smallest absolute Gasteiger partial charge is 0.0911 e. The van der Waals surface area contributed by atoms with Crippen LogP contribution >= 0.6 is 11.6 Å². The number of hydrogen-bond donors (Lipinski definition) is 1. The van der Waals surface area contributed by atoms with Crippen molar-refractivity contribution in [3.63, 3.8) is 0 Å². The summed E-state index contributed by atoms with van der Waals surface area (Å²) in [7, 11) is 0. The Kier molecular flexibility index (Phi) is 3.74. The van der Waals surface area contributed by atoms with E-state index in [0.717, 1.165) is 16.7 Å². The van der Waals surface area contributed by atoms with Crippen molar-refractivity contribution < 1.29 is 5.11 Å². The second-order valence-electron chi connectivity index (χ2n) is 4.90. The lowest BCUT2D eigenvalue weighted by Crippen LogP contribution is -2.25. The zero-order chi connectivity index (χ0) is 13.2. The standard InChI is InChI=1S/C16H17ClO/c1-12-6-3-4-9-15(12)16(2,18)11-13-7-5-8-14(17)10-13/h3-10,18H,11H2,1-2H3. The van der Waals surface area contributed by atoms with Crippen LogP contribution in [0.1, 0.15) is 23.6 Å². The van der Waals surface area contributed by atoms with Gasteiger partial charge in [-0.05, 0) is 42.7 Å². The maximum absolute atomic E-state index is 10.7. The molecule has 1 unspecified atom stereocenters. The molecule has 0 spiro atoms. The summed E-state index contributed by atoms with van der Waals surface area (Å²) < 4.78 is 0. The van der Waals surface area contributed by atoms with Crippen molar-refractivity contribution in [2.24, 2.45) is 0 Å². The van der Waals surface area contributed by atoms with Crippen molar-refractivity contribution in [1.29, 1.82) is 0 Å². The first-order valence-electron chi connectivity index (χ1n) is 6.02. The van der Waals surface area contributed by atoms with Gasteiger partial charge in [-0.1, -0.05) is 48.0 Å². The van der Waals surface area contributed by atoms with Crippen LogP contribution in [0.5, 0.6) is 0 Å². The molecular formula is C16H17ClO. The highest BCUT2D eigenvalue weighted by molar-refractivity contribution is 6.30. The fourth-order valence-electron chi connectivity index (χ4n) is 2.32. The Morgan fingerprint density at radius 3 is 2.50 bits per heavy atom. The molecule has 1 atom stereocenters. The molecule has 0 saturated carbocycles. The van der Waals surface area contributed by atoms with E-state index in [1.165, 1.54) is 0 Å². The van der Waals surface area contributed by atoms with Gasteiger partial charge in [0.05, 0.1) is 5.60 Å². The van der Waals surface area contributed by atoms with Gasteiger partial charge in [0, 0.05) is 11.4 Å². The summed E-state index contributed by atoms with van der Waals surface area (Å²) in [6.07, 6.45) is 0.554. The molecule has 0 bridgehead atoms. The summed E-state index contributed by atoms with van der Waals surface area (Å²) >= 11 is 5.97. The van der Waals surface area contributed by atoms with E-state index in [-0.39, 0.29) is 0 Å². The Morgan fingerprint density at radius 2 is 1.83 bits per heavy atom. The zero-order valence-electron chi connectivity index (χ0n) is 10.7. The molecule has 1 nitrogen and oxygen atoms in total. The molecule has 2 aromatic rings. The Hall–Kier alpha value is -1.31. The van der Waals surface area contributed by atoms with Crippen molar-refractivity contribution in [3.8, 4) is 0 Å². The normalized spacial score (nSPS) is 14.2. The molecule has 2 heteroatoms. The number of benzene rings is 2. The maximum atomic E-state index is 10.7. The highest BCUT2D eigenvalue weighted by Crippen LogP contribution is 2.28. The van der Waals surface area contributed by atoms with Crippen LogP contribution in [0.25, 0.3) is 0 Å². The summed E-state index contributed by atoms with van der Waals surface area (Å²) in [5, 5.41) is 11.4. The third kappa shape index (κ3) is 2.92. The Morgan fingerprint density at radius 1 is 1.11 bits per heavy atom. The molecule has 0 aliphatic rings. The van der Waals surface area contributed by atoms with Gasteiger partial charge in [-0.15, -0.1) is 0 Å². The highest BCUT2D eigenvalue weighted by Gasteiger charge is 2.24. The molecule has 1 N–H and O–H groups in total. The third-order valence-electron chi connectivity index (χ3n) is 3.16. The zero-order valence-corrected chi connectivity index (χ0v) is 11.4. The first kappa shape index (κ1) is 13.1. The van der Waals surface area contributed by atoms with Gasteiger partial charge in [0.1, 0.15) is 0 Å². The average molecular weight is 261 g/mol. The fraction of sp³-hybridized carbons (Fsp3) is 0.250. The third-order valence-corrected chi connectivity index (χ3v) is 3.40. The van der Waals surface area contributed by atoms with Crippen LogP contribution in [-0.2, 0) is 12.0 Å². The molecule has 2 rings (SSSR count). The summed E-state index contributed by atoms with van der Waals surface area (Å²) in [6.45, 7) is 3.86. The number of aryl methyl sites for hydroxylation is 1. The lowest BCUT2D eigenvalue weighted by atomic mass is 9.86. The minimum Gasteiger partial charge on any atom is -0.385 e. The van der Waals surface area contributed by atoms with Crippen LogP contribution in [0.15, 0.2) is 48.5 Å². The van der Waals surface area contributed by atoms with Crippen LogP contribution in [0.2, 0.25) is 5.02 Å². The summed E-state index contributed by atoms with van der Waals surface area (Å²) in [5.74, 6) is 0. The first-order valence-corrected chi connectivity index (χ1v) is 6.40. The molecule has 0 aliphatic heterocycles. The van der Waals surface area contributed by atoms with Gasteiger partial charge >= 0.3 is 0 Å². The predicted molar refractivity (Wildman–Crippen MR) is 75.9 cm³/mol. The lowest BCUT2D eigenvalue weighted by Gasteiger charge is -2.26. The van der Waals surface area contributed by atoms with Gasteiger partial charge < -0.3 is 5.11 Å². The van der Waals surface area contributed by atoms with Crippen LogP contribution in [-0.4, -0.2) is 5.11 Å². The topological polar surface area (TPSA) is 20.2 Å². The predicted octanol–water partition coefficient (Wildman–Crippen LogP) is 4.10. The Balaban J connectivity index is 2.30. The van der Waals surface area contributed by atoms with Crippen molar-refractivity contribution in [2.45, 2.75) is 25.9 Å². The molecule has 0 heterocycles. The van der Waals surface area contributed by atoms with E-state index < -0.39 is 5.60 Å². The van der Waals surface area contributed by atoms with E-state index in [2.05, 4.69) is 0 Å². The molecule has 0 saturated heterocycles. The summed E-state index contributed by atoms with van der Waals surface area (Å²) in [4.78, 5) is 0. The van der Waals surface area contributed by atoms with Crippen molar-refractivity contribution in [1.82, 2.24) is 0 Å². The van der Waals surface area contributed by atoms with Gasteiger partial charge in [0.15, 0.2) is 0 Å². The van der Waals surface area contributed by atoms with Crippen LogP contribution in [0, 0.1) is 6.92 Å². The van der Waals surface area contributed by atoms with E-state index in [1.54, 1.807) is 0 Å². The minimum atomic E-state index is -0.879. The van der Waals surface area contributed by atoms with E-state index in [4.69, 9.17) is 11.6 Å². The molecule has 94 valence electrons. The number of halogens is 1. The maximum Gasteiger partial charge on any atom is 0.0911 e. The summed E-state index contributed by atoms with van der Waals surface area (Å²) in [6, 6.07) is 15.6. The Bertz CT molecular complexity index is 546. The summed E-state index contributed by atoms with van der Waals surface area (Å²) in [5.41, 5.74) is 2.22. The molecule has 2 aromatic carbocycles. The van der Waals surface area contributed by atoms with Gasteiger partial charge in [-0.2, -0.15) is 0 Å². The van der Waals surface area contributed by atoms with Crippen molar-refractivity contribution in [3.05, 3.63) is 70.2 Å². The minimum absolute atomic E-state index is 0.554.